The minimum atomic E-state index is -0.488. The lowest BCUT2D eigenvalue weighted by Gasteiger charge is -2.01. The summed E-state index contributed by atoms with van der Waals surface area (Å²) in [6.45, 7) is 7.87. The minimum absolute atomic E-state index is 0.163. The van der Waals surface area contributed by atoms with Crippen molar-refractivity contribution in [3.05, 3.63) is 40.1 Å². The highest BCUT2D eigenvalue weighted by Gasteiger charge is 2.17. The maximum atomic E-state index is 11.7. The molecule has 0 aliphatic carbocycles. The van der Waals surface area contributed by atoms with Crippen molar-refractivity contribution >= 4 is 17.3 Å². The SMILES string of the molecule is C=CCOC(=O)c1nnn(Cc2csc(C)n2)c1C. The van der Waals surface area contributed by atoms with Gasteiger partial charge in [0, 0.05) is 5.38 Å². The van der Waals surface area contributed by atoms with Crippen LogP contribution in [0.3, 0.4) is 0 Å². The van der Waals surface area contributed by atoms with Crippen LogP contribution >= 0.6 is 11.3 Å². The van der Waals surface area contributed by atoms with Crippen LogP contribution in [-0.2, 0) is 11.3 Å². The van der Waals surface area contributed by atoms with E-state index >= 15 is 0 Å². The Hall–Kier alpha value is -2.02. The van der Waals surface area contributed by atoms with Crippen LogP contribution in [-0.4, -0.2) is 32.6 Å². The number of aryl methyl sites for hydroxylation is 1. The molecule has 2 aromatic heterocycles. The molecular weight excluding hydrogens is 264 g/mol. The van der Waals surface area contributed by atoms with Gasteiger partial charge in [0.15, 0.2) is 5.69 Å². The van der Waals surface area contributed by atoms with Crippen molar-refractivity contribution in [2.75, 3.05) is 6.61 Å². The molecule has 0 aliphatic heterocycles. The maximum Gasteiger partial charge on any atom is 0.361 e. The number of nitrogens with zero attached hydrogens (tertiary/aromatic N) is 4. The van der Waals surface area contributed by atoms with Gasteiger partial charge in [0.25, 0.3) is 0 Å². The molecule has 0 unspecified atom stereocenters. The highest BCUT2D eigenvalue weighted by molar-refractivity contribution is 7.09. The number of hydrogen-bond acceptors (Lipinski definition) is 6. The van der Waals surface area contributed by atoms with Gasteiger partial charge in [-0.05, 0) is 13.8 Å². The van der Waals surface area contributed by atoms with Crippen molar-refractivity contribution < 1.29 is 9.53 Å². The van der Waals surface area contributed by atoms with Crippen molar-refractivity contribution in [2.24, 2.45) is 0 Å². The molecule has 0 N–H and O–H groups in total. The van der Waals surface area contributed by atoms with Crippen LogP contribution in [0.25, 0.3) is 0 Å². The van der Waals surface area contributed by atoms with Gasteiger partial charge in [-0.1, -0.05) is 17.9 Å². The van der Waals surface area contributed by atoms with Gasteiger partial charge >= 0.3 is 5.97 Å². The lowest BCUT2D eigenvalue weighted by molar-refractivity contribution is 0.0542. The molecule has 0 radical (unpaired) electrons. The Morgan fingerprint density at radius 1 is 1.58 bits per heavy atom. The first kappa shape index (κ1) is 13.4. The monoisotopic (exact) mass is 278 g/mol. The van der Waals surface area contributed by atoms with Crippen LogP contribution in [0.15, 0.2) is 18.0 Å². The Morgan fingerprint density at radius 3 is 3.00 bits per heavy atom. The van der Waals surface area contributed by atoms with E-state index in [0.29, 0.717) is 12.2 Å². The van der Waals surface area contributed by atoms with Gasteiger partial charge in [-0.3, -0.25) is 0 Å². The highest BCUT2D eigenvalue weighted by Crippen LogP contribution is 2.12. The summed E-state index contributed by atoms with van der Waals surface area (Å²) < 4.78 is 6.58. The predicted octanol–water partition coefficient (Wildman–Crippen LogP) is 1.74. The van der Waals surface area contributed by atoms with E-state index < -0.39 is 5.97 Å². The Bertz CT molecular complexity index is 603. The molecule has 0 saturated heterocycles. The molecule has 2 aromatic rings. The summed E-state index contributed by atoms with van der Waals surface area (Å²) in [6, 6.07) is 0. The number of aromatic nitrogens is 4. The van der Waals surface area contributed by atoms with Gasteiger partial charge in [-0.2, -0.15) is 0 Å². The summed E-state index contributed by atoms with van der Waals surface area (Å²) in [5.74, 6) is -0.488. The number of esters is 1. The van der Waals surface area contributed by atoms with Gasteiger partial charge in [-0.25, -0.2) is 14.5 Å². The molecule has 7 heteroatoms. The number of thiazole rings is 1. The van der Waals surface area contributed by atoms with Crippen LogP contribution in [0.2, 0.25) is 0 Å². The topological polar surface area (TPSA) is 69.9 Å². The van der Waals surface area contributed by atoms with E-state index in [9.17, 15) is 4.79 Å². The van der Waals surface area contributed by atoms with E-state index in [1.165, 1.54) is 6.08 Å². The van der Waals surface area contributed by atoms with Crippen LogP contribution in [0.1, 0.15) is 26.9 Å². The third kappa shape index (κ3) is 3.05. The predicted molar refractivity (Wildman–Crippen MR) is 71.2 cm³/mol. The quantitative estimate of drug-likeness (QED) is 0.615. The average molecular weight is 278 g/mol. The summed E-state index contributed by atoms with van der Waals surface area (Å²) >= 11 is 1.58. The molecule has 2 rings (SSSR count). The zero-order valence-corrected chi connectivity index (χ0v) is 11.6. The minimum Gasteiger partial charge on any atom is -0.457 e. The van der Waals surface area contributed by atoms with Crippen LogP contribution < -0.4 is 0 Å². The lowest BCUT2D eigenvalue weighted by Crippen LogP contribution is -2.09. The largest absolute Gasteiger partial charge is 0.457 e. The highest BCUT2D eigenvalue weighted by atomic mass is 32.1. The number of hydrogen-bond donors (Lipinski definition) is 0. The summed E-state index contributed by atoms with van der Waals surface area (Å²) in [5.41, 5.74) is 1.80. The van der Waals surface area contributed by atoms with Gasteiger partial charge in [-0.15, -0.1) is 16.4 Å². The van der Waals surface area contributed by atoms with Gasteiger partial charge in [0.2, 0.25) is 0 Å². The number of carbonyl (C=O) groups excluding carboxylic acids is 1. The summed E-state index contributed by atoms with van der Waals surface area (Å²) in [4.78, 5) is 16.0. The summed E-state index contributed by atoms with van der Waals surface area (Å²) in [7, 11) is 0. The molecule has 100 valence electrons. The summed E-state index contributed by atoms with van der Waals surface area (Å²) in [5, 5.41) is 10.8. The van der Waals surface area contributed by atoms with Crippen molar-refractivity contribution in [3.8, 4) is 0 Å². The molecule has 0 aromatic carbocycles. The Kier molecular flexibility index (Phi) is 4.06. The van der Waals surface area contributed by atoms with Crippen molar-refractivity contribution in [3.63, 3.8) is 0 Å². The van der Waals surface area contributed by atoms with Crippen LogP contribution in [0.4, 0.5) is 0 Å². The molecule has 0 saturated carbocycles. The molecule has 19 heavy (non-hydrogen) atoms. The molecule has 0 atom stereocenters. The van der Waals surface area contributed by atoms with E-state index in [-0.39, 0.29) is 12.3 Å². The van der Waals surface area contributed by atoms with E-state index in [4.69, 9.17) is 4.74 Å². The molecule has 0 fully saturated rings. The molecule has 0 aliphatic rings. The van der Waals surface area contributed by atoms with Crippen LogP contribution in [0.5, 0.6) is 0 Å². The fraction of sp³-hybridized carbons (Fsp3) is 0.333. The third-order valence-corrected chi connectivity index (χ3v) is 3.31. The lowest BCUT2D eigenvalue weighted by atomic mass is 10.3. The number of rotatable bonds is 5. The summed E-state index contributed by atoms with van der Waals surface area (Å²) in [6.07, 6.45) is 1.51. The third-order valence-electron chi connectivity index (χ3n) is 2.49. The number of carbonyl (C=O) groups is 1. The Balaban J connectivity index is 2.13. The molecule has 0 amide bonds. The second-order valence-corrected chi connectivity index (χ2v) is 4.99. The number of ether oxygens (including phenoxy) is 1. The first-order chi connectivity index (χ1) is 9.11. The molecular formula is C12H14N4O2S. The smallest absolute Gasteiger partial charge is 0.361 e. The van der Waals surface area contributed by atoms with E-state index in [1.807, 2.05) is 12.3 Å². The molecule has 2 heterocycles. The average Bonchev–Trinajstić information content (AvgIpc) is 2.95. The van der Waals surface area contributed by atoms with Crippen molar-refractivity contribution in [2.45, 2.75) is 20.4 Å². The maximum absolute atomic E-state index is 11.7. The molecule has 0 spiro atoms. The fourth-order valence-electron chi connectivity index (χ4n) is 1.54. The zero-order valence-electron chi connectivity index (χ0n) is 10.8. The zero-order chi connectivity index (χ0) is 13.8. The van der Waals surface area contributed by atoms with Crippen molar-refractivity contribution in [1.29, 1.82) is 0 Å². The van der Waals surface area contributed by atoms with Gasteiger partial charge < -0.3 is 4.74 Å². The first-order valence-electron chi connectivity index (χ1n) is 5.71. The van der Waals surface area contributed by atoms with Gasteiger partial charge in [0.1, 0.15) is 6.61 Å². The second-order valence-electron chi connectivity index (χ2n) is 3.93. The normalized spacial score (nSPS) is 10.4. The standard InChI is InChI=1S/C12H14N4O2S/c1-4-5-18-12(17)11-8(2)16(15-14-11)6-10-7-19-9(3)13-10/h4,7H,1,5-6H2,2-3H3. The van der Waals surface area contributed by atoms with E-state index in [0.717, 1.165) is 10.7 Å². The molecule has 6 nitrogen and oxygen atoms in total. The van der Waals surface area contributed by atoms with Crippen molar-refractivity contribution in [1.82, 2.24) is 20.0 Å². The van der Waals surface area contributed by atoms with Crippen LogP contribution in [0, 0.1) is 13.8 Å². The fourth-order valence-corrected chi connectivity index (χ4v) is 2.14. The van der Waals surface area contributed by atoms with E-state index in [2.05, 4.69) is 21.9 Å². The van der Waals surface area contributed by atoms with Gasteiger partial charge in [0.05, 0.1) is 22.9 Å². The first-order valence-corrected chi connectivity index (χ1v) is 6.59. The van der Waals surface area contributed by atoms with E-state index in [1.54, 1.807) is 22.9 Å². The molecule has 0 bridgehead atoms. The Labute approximate surface area is 114 Å². The second kappa shape index (κ2) is 5.75. The Morgan fingerprint density at radius 2 is 2.37 bits per heavy atom.